The van der Waals surface area contributed by atoms with Crippen molar-refractivity contribution in [1.82, 2.24) is 15.3 Å². The van der Waals surface area contributed by atoms with E-state index in [1.165, 1.54) is 0 Å². The molecule has 21 heavy (non-hydrogen) atoms. The molecule has 2 aromatic rings. The largest absolute Gasteiger partial charge is 0.305 e. The molecule has 1 atom stereocenters. The fourth-order valence-corrected chi connectivity index (χ4v) is 2.20. The molecule has 0 saturated heterocycles. The van der Waals surface area contributed by atoms with Gasteiger partial charge in [0.1, 0.15) is 0 Å². The van der Waals surface area contributed by atoms with E-state index in [0.717, 1.165) is 5.56 Å². The van der Waals surface area contributed by atoms with E-state index < -0.39 is 0 Å². The first kappa shape index (κ1) is 15.3. The van der Waals surface area contributed by atoms with Gasteiger partial charge in [0.25, 0.3) is 0 Å². The lowest BCUT2D eigenvalue weighted by Gasteiger charge is -2.28. The van der Waals surface area contributed by atoms with Crippen molar-refractivity contribution in [3.63, 3.8) is 0 Å². The summed E-state index contributed by atoms with van der Waals surface area (Å²) in [5.74, 6) is 0.0849. The Labute approximate surface area is 125 Å². The maximum absolute atomic E-state index is 12.4. The lowest BCUT2D eigenvalue weighted by Crippen LogP contribution is -2.39. The Morgan fingerprint density at radius 3 is 2.43 bits per heavy atom. The molecule has 0 radical (unpaired) electrons. The van der Waals surface area contributed by atoms with Crippen LogP contribution in [0.2, 0.25) is 0 Å². The highest BCUT2D eigenvalue weighted by atomic mass is 16.1. The number of hydrogen-bond acceptors (Lipinski definition) is 4. The number of pyridine rings is 2. The minimum absolute atomic E-state index is 0.0410. The second-order valence-corrected chi connectivity index (χ2v) is 6.10. The van der Waals surface area contributed by atoms with Crippen molar-refractivity contribution in [2.75, 3.05) is 0 Å². The van der Waals surface area contributed by atoms with Gasteiger partial charge >= 0.3 is 0 Å². The number of Topliss-reactive ketones (excluding diaryl/α,β-unsaturated/α-hetero) is 1. The zero-order chi connectivity index (χ0) is 15.3. The first-order valence-electron chi connectivity index (χ1n) is 7.06. The average Bonchev–Trinajstić information content (AvgIpc) is 2.47. The zero-order valence-corrected chi connectivity index (χ0v) is 12.7. The highest BCUT2D eigenvalue weighted by Gasteiger charge is 2.22. The zero-order valence-electron chi connectivity index (χ0n) is 12.7. The highest BCUT2D eigenvalue weighted by Crippen LogP contribution is 2.21. The quantitative estimate of drug-likeness (QED) is 0.856. The van der Waals surface area contributed by atoms with Crippen LogP contribution in [0.25, 0.3) is 0 Å². The van der Waals surface area contributed by atoms with Crippen LogP contribution in [0.4, 0.5) is 0 Å². The van der Waals surface area contributed by atoms with Gasteiger partial charge in [0.15, 0.2) is 5.78 Å². The Morgan fingerprint density at radius 1 is 1.14 bits per heavy atom. The average molecular weight is 283 g/mol. The molecule has 1 unspecified atom stereocenters. The molecule has 4 nitrogen and oxygen atoms in total. The summed E-state index contributed by atoms with van der Waals surface area (Å²) in [5.41, 5.74) is 1.63. The van der Waals surface area contributed by atoms with Gasteiger partial charge in [-0.25, -0.2) is 0 Å². The Kier molecular flexibility index (Phi) is 4.81. The van der Waals surface area contributed by atoms with E-state index in [-0.39, 0.29) is 17.4 Å². The van der Waals surface area contributed by atoms with Gasteiger partial charge in [0.05, 0.1) is 0 Å². The summed E-state index contributed by atoms with van der Waals surface area (Å²) in [6, 6.07) is 7.43. The van der Waals surface area contributed by atoms with Gasteiger partial charge in [-0.1, -0.05) is 0 Å². The van der Waals surface area contributed by atoms with Gasteiger partial charge in [-0.3, -0.25) is 14.8 Å². The van der Waals surface area contributed by atoms with Crippen molar-refractivity contribution in [3.8, 4) is 0 Å². The summed E-state index contributed by atoms with van der Waals surface area (Å²) in [6.45, 7) is 6.28. The van der Waals surface area contributed by atoms with Crippen molar-refractivity contribution < 1.29 is 4.79 Å². The smallest absolute Gasteiger partial charge is 0.166 e. The number of hydrogen-bond donors (Lipinski definition) is 1. The normalized spacial score (nSPS) is 12.9. The van der Waals surface area contributed by atoms with Gasteiger partial charge in [0, 0.05) is 48.4 Å². The Hall–Kier alpha value is -2.07. The minimum atomic E-state index is -0.0802. The SMILES string of the molecule is CC(C)(C)NC(CC(=O)c1cccnc1)c1ccncc1. The van der Waals surface area contributed by atoms with E-state index >= 15 is 0 Å². The number of ketones is 1. The third-order valence-electron chi connectivity index (χ3n) is 3.09. The number of aromatic nitrogens is 2. The number of carbonyl (C=O) groups is 1. The van der Waals surface area contributed by atoms with Gasteiger partial charge in [-0.15, -0.1) is 0 Å². The van der Waals surface area contributed by atoms with E-state index in [4.69, 9.17) is 0 Å². The molecule has 0 saturated carbocycles. The van der Waals surface area contributed by atoms with E-state index in [0.29, 0.717) is 12.0 Å². The fraction of sp³-hybridized carbons (Fsp3) is 0.353. The summed E-state index contributed by atoms with van der Waals surface area (Å²) in [7, 11) is 0. The number of carbonyl (C=O) groups excluding carboxylic acids is 1. The standard InChI is InChI=1S/C17H21N3O/c1-17(2,3)20-15(13-6-9-18-10-7-13)11-16(21)14-5-4-8-19-12-14/h4-10,12,15,20H,11H2,1-3H3. The molecular weight excluding hydrogens is 262 g/mol. The van der Waals surface area contributed by atoms with Gasteiger partial charge in [-0.05, 0) is 50.6 Å². The van der Waals surface area contributed by atoms with Crippen LogP contribution in [0.1, 0.15) is 49.2 Å². The molecule has 1 N–H and O–H groups in total. The molecule has 0 aliphatic carbocycles. The fourth-order valence-electron chi connectivity index (χ4n) is 2.20. The van der Waals surface area contributed by atoms with Crippen molar-refractivity contribution >= 4 is 5.78 Å². The molecule has 110 valence electrons. The minimum Gasteiger partial charge on any atom is -0.305 e. The maximum atomic E-state index is 12.4. The van der Waals surface area contributed by atoms with Crippen molar-refractivity contribution in [2.24, 2.45) is 0 Å². The molecule has 2 aromatic heterocycles. The third-order valence-corrected chi connectivity index (χ3v) is 3.09. The van der Waals surface area contributed by atoms with Crippen molar-refractivity contribution in [2.45, 2.75) is 38.8 Å². The van der Waals surface area contributed by atoms with Crippen LogP contribution >= 0.6 is 0 Å². The summed E-state index contributed by atoms with van der Waals surface area (Å²) in [6.07, 6.45) is 7.18. The van der Waals surface area contributed by atoms with Gasteiger partial charge < -0.3 is 5.32 Å². The first-order chi connectivity index (χ1) is 9.96. The van der Waals surface area contributed by atoms with Crippen LogP contribution in [-0.2, 0) is 0 Å². The number of rotatable bonds is 5. The van der Waals surface area contributed by atoms with Crippen LogP contribution in [0.15, 0.2) is 49.1 Å². The van der Waals surface area contributed by atoms with E-state index in [1.807, 2.05) is 12.1 Å². The van der Waals surface area contributed by atoms with Crippen molar-refractivity contribution in [1.29, 1.82) is 0 Å². The molecule has 0 aliphatic heterocycles. The third kappa shape index (κ3) is 4.76. The second-order valence-electron chi connectivity index (χ2n) is 6.10. The maximum Gasteiger partial charge on any atom is 0.166 e. The van der Waals surface area contributed by atoms with Crippen LogP contribution in [-0.4, -0.2) is 21.3 Å². The monoisotopic (exact) mass is 283 g/mol. The number of nitrogens with one attached hydrogen (secondary N) is 1. The molecule has 0 spiro atoms. The van der Waals surface area contributed by atoms with E-state index in [9.17, 15) is 4.79 Å². The first-order valence-corrected chi connectivity index (χ1v) is 7.06. The van der Waals surface area contributed by atoms with Crippen LogP contribution in [0, 0.1) is 0 Å². The summed E-state index contributed by atoms with van der Waals surface area (Å²) in [4.78, 5) is 20.5. The van der Waals surface area contributed by atoms with E-state index in [1.54, 1.807) is 36.9 Å². The molecule has 0 aromatic carbocycles. The molecular formula is C17H21N3O. The Morgan fingerprint density at radius 2 is 1.86 bits per heavy atom. The second kappa shape index (κ2) is 6.59. The predicted molar refractivity (Wildman–Crippen MR) is 83.1 cm³/mol. The molecule has 2 rings (SSSR count). The summed E-state index contributed by atoms with van der Waals surface area (Å²) < 4.78 is 0. The lowest BCUT2D eigenvalue weighted by atomic mass is 9.96. The van der Waals surface area contributed by atoms with Crippen LogP contribution in [0.5, 0.6) is 0 Å². The van der Waals surface area contributed by atoms with Crippen LogP contribution in [0.3, 0.4) is 0 Å². The molecule has 0 aliphatic rings. The summed E-state index contributed by atoms with van der Waals surface area (Å²) in [5, 5.41) is 3.50. The topological polar surface area (TPSA) is 54.9 Å². The molecule has 4 heteroatoms. The molecule has 2 heterocycles. The molecule has 0 bridgehead atoms. The van der Waals surface area contributed by atoms with Gasteiger partial charge in [-0.2, -0.15) is 0 Å². The Bertz CT molecular complexity index is 576. The molecule has 0 amide bonds. The van der Waals surface area contributed by atoms with E-state index in [2.05, 4.69) is 36.1 Å². The number of nitrogens with zero attached hydrogens (tertiary/aromatic N) is 2. The Balaban J connectivity index is 2.19. The molecule has 0 fully saturated rings. The van der Waals surface area contributed by atoms with Crippen molar-refractivity contribution in [3.05, 3.63) is 60.2 Å². The van der Waals surface area contributed by atoms with Crippen LogP contribution < -0.4 is 5.32 Å². The van der Waals surface area contributed by atoms with Gasteiger partial charge in [0.2, 0.25) is 0 Å². The predicted octanol–water partition coefficient (Wildman–Crippen LogP) is 3.18. The summed E-state index contributed by atoms with van der Waals surface area (Å²) >= 11 is 0. The highest BCUT2D eigenvalue weighted by molar-refractivity contribution is 5.96. The lowest BCUT2D eigenvalue weighted by molar-refractivity contribution is 0.0963.